The van der Waals surface area contributed by atoms with Gasteiger partial charge in [0.15, 0.2) is 0 Å². The lowest BCUT2D eigenvalue weighted by atomic mass is 10.2. The molecule has 0 saturated heterocycles. The highest BCUT2D eigenvalue weighted by Crippen LogP contribution is 2.12. The van der Waals surface area contributed by atoms with Crippen LogP contribution in [0.5, 0.6) is 0 Å². The number of nitrogens with zero attached hydrogens (tertiary/aromatic N) is 3. The van der Waals surface area contributed by atoms with Crippen molar-refractivity contribution >= 4 is 11.6 Å². The molecule has 0 aromatic carbocycles. The summed E-state index contributed by atoms with van der Waals surface area (Å²) in [5.74, 6) is 1.79. The van der Waals surface area contributed by atoms with Gasteiger partial charge in [0.2, 0.25) is 0 Å². The molecule has 0 spiro atoms. The van der Waals surface area contributed by atoms with E-state index in [4.69, 9.17) is 0 Å². The van der Waals surface area contributed by atoms with E-state index in [2.05, 4.69) is 27.6 Å². The SMILES string of the molecule is CCCNc1cccc(NCc2cn(C)nc2C)n1. The quantitative estimate of drug-likeness (QED) is 0.837. The van der Waals surface area contributed by atoms with Gasteiger partial charge in [-0.2, -0.15) is 5.10 Å². The first-order valence-electron chi connectivity index (χ1n) is 6.63. The van der Waals surface area contributed by atoms with Gasteiger partial charge in [-0.05, 0) is 25.5 Å². The number of rotatable bonds is 6. The predicted octanol–water partition coefficient (Wildman–Crippen LogP) is 2.56. The largest absolute Gasteiger partial charge is 0.370 e. The number of aromatic nitrogens is 3. The van der Waals surface area contributed by atoms with Crippen LogP contribution in [-0.2, 0) is 13.6 Å². The molecule has 5 nitrogen and oxygen atoms in total. The van der Waals surface area contributed by atoms with Gasteiger partial charge in [0.05, 0.1) is 5.69 Å². The molecule has 0 unspecified atom stereocenters. The molecule has 0 atom stereocenters. The van der Waals surface area contributed by atoms with E-state index in [9.17, 15) is 0 Å². The lowest BCUT2D eigenvalue weighted by Crippen LogP contribution is -2.05. The molecule has 0 aliphatic carbocycles. The number of pyridine rings is 1. The Morgan fingerprint density at radius 1 is 1.21 bits per heavy atom. The fourth-order valence-electron chi connectivity index (χ4n) is 1.89. The van der Waals surface area contributed by atoms with Crippen LogP contribution in [0.2, 0.25) is 0 Å². The first-order valence-corrected chi connectivity index (χ1v) is 6.63. The van der Waals surface area contributed by atoms with E-state index in [0.29, 0.717) is 0 Å². The van der Waals surface area contributed by atoms with Crippen LogP contribution in [0.3, 0.4) is 0 Å². The van der Waals surface area contributed by atoms with Crippen molar-refractivity contribution in [3.8, 4) is 0 Å². The highest BCUT2D eigenvalue weighted by molar-refractivity contribution is 5.45. The van der Waals surface area contributed by atoms with Crippen LogP contribution in [0.1, 0.15) is 24.6 Å². The van der Waals surface area contributed by atoms with Crippen molar-refractivity contribution in [3.63, 3.8) is 0 Å². The summed E-state index contributed by atoms with van der Waals surface area (Å²) in [5, 5.41) is 10.9. The van der Waals surface area contributed by atoms with E-state index in [0.717, 1.165) is 36.8 Å². The Morgan fingerprint density at radius 3 is 2.58 bits per heavy atom. The van der Waals surface area contributed by atoms with Gasteiger partial charge in [-0.25, -0.2) is 4.98 Å². The van der Waals surface area contributed by atoms with Crippen molar-refractivity contribution < 1.29 is 0 Å². The normalized spacial score (nSPS) is 10.5. The second-order valence-electron chi connectivity index (χ2n) is 4.60. The third kappa shape index (κ3) is 3.71. The third-order valence-corrected chi connectivity index (χ3v) is 2.88. The molecule has 0 amide bonds. The van der Waals surface area contributed by atoms with Gasteiger partial charge in [0, 0.05) is 31.9 Å². The average Bonchev–Trinajstić information content (AvgIpc) is 2.73. The fraction of sp³-hybridized carbons (Fsp3) is 0.429. The van der Waals surface area contributed by atoms with Crippen molar-refractivity contribution in [1.82, 2.24) is 14.8 Å². The summed E-state index contributed by atoms with van der Waals surface area (Å²) in [6.07, 6.45) is 3.12. The summed E-state index contributed by atoms with van der Waals surface area (Å²) in [6.45, 7) is 5.84. The molecule has 0 bridgehead atoms. The van der Waals surface area contributed by atoms with Crippen LogP contribution in [0.15, 0.2) is 24.4 Å². The van der Waals surface area contributed by atoms with E-state index >= 15 is 0 Å². The highest BCUT2D eigenvalue weighted by atomic mass is 15.3. The van der Waals surface area contributed by atoms with E-state index in [1.807, 2.05) is 43.0 Å². The van der Waals surface area contributed by atoms with E-state index in [1.165, 1.54) is 5.56 Å². The summed E-state index contributed by atoms with van der Waals surface area (Å²) in [7, 11) is 1.93. The molecule has 0 aliphatic heterocycles. The first-order chi connectivity index (χ1) is 9.19. The fourth-order valence-corrected chi connectivity index (χ4v) is 1.89. The Labute approximate surface area is 114 Å². The molecule has 0 saturated carbocycles. The van der Waals surface area contributed by atoms with Crippen molar-refractivity contribution in [2.45, 2.75) is 26.8 Å². The van der Waals surface area contributed by atoms with Crippen LogP contribution in [0.4, 0.5) is 11.6 Å². The van der Waals surface area contributed by atoms with Gasteiger partial charge in [0.1, 0.15) is 11.6 Å². The Hall–Kier alpha value is -2.04. The van der Waals surface area contributed by atoms with E-state index < -0.39 is 0 Å². The smallest absolute Gasteiger partial charge is 0.128 e. The minimum atomic E-state index is 0.740. The average molecular weight is 259 g/mol. The lowest BCUT2D eigenvalue weighted by Gasteiger charge is -2.08. The second kappa shape index (κ2) is 6.22. The molecule has 0 radical (unpaired) electrons. The minimum Gasteiger partial charge on any atom is -0.370 e. The Bertz CT molecular complexity index is 532. The molecule has 5 heteroatoms. The van der Waals surface area contributed by atoms with Crippen LogP contribution < -0.4 is 10.6 Å². The van der Waals surface area contributed by atoms with Gasteiger partial charge in [-0.3, -0.25) is 4.68 Å². The van der Waals surface area contributed by atoms with Crippen molar-refractivity contribution in [2.24, 2.45) is 7.05 Å². The second-order valence-corrected chi connectivity index (χ2v) is 4.60. The summed E-state index contributed by atoms with van der Waals surface area (Å²) in [5.41, 5.74) is 2.24. The lowest BCUT2D eigenvalue weighted by molar-refractivity contribution is 0.756. The number of anilines is 2. The van der Waals surface area contributed by atoms with Crippen LogP contribution in [-0.4, -0.2) is 21.3 Å². The van der Waals surface area contributed by atoms with Gasteiger partial charge < -0.3 is 10.6 Å². The zero-order chi connectivity index (χ0) is 13.7. The summed E-state index contributed by atoms with van der Waals surface area (Å²) < 4.78 is 1.83. The molecule has 2 aromatic rings. The highest BCUT2D eigenvalue weighted by Gasteiger charge is 2.03. The Morgan fingerprint density at radius 2 is 1.95 bits per heavy atom. The summed E-state index contributed by atoms with van der Waals surface area (Å²) in [6, 6.07) is 5.96. The Kier molecular flexibility index (Phi) is 4.39. The van der Waals surface area contributed by atoms with Gasteiger partial charge in [-0.1, -0.05) is 13.0 Å². The molecule has 2 N–H and O–H groups in total. The maximum atomic E-state index is 4.51. The molecular formula is C14H21N5. The minimum absolute atomic E-state index is 0.740. The molecule has 19 heavy (non-hydrogen) atoms. The molecule has 0 fully saturated rings. The van der Waals surface area contributed by atoms with E-state index in [1.54, 1.807) is 0 Å². The molecule has 102 valence electrons. The molecular weight excluding hydrogens is 238 g/mol. The van der Waals surface area contributed by atoms with Gasteiger partial charge >= 0.3 is 0 Å². The summed E-state index contributed by atoms with van der Waals surface area (Å²) in [4.78, 5) is 4.51. The number of nitrogens with one attached hydrogen (secondary N) is 2. The van der Waals surface area contributed by atoms with Crippen molar-refractivity contribution in [3.05, 3.63) is 35.7 Å². The summed E-state index contributed by atoms with van der Waals surface area (Å²) >= 11 is 0. The van der Waals surface area contributed by atoms with E-state index in [-0.39, 0.29) is 0 Å². The van der Waals surface area contributed by atoms with Crippen molar-refractivity contribution in [1.29, 1.82) is 0 Å². The zero-order valence-electron chi connectivity index (χ0n) is 11.8. The molecule has 2 heterocycles. The van der Waals surface area contributed by atoms with Crippen molar-refractivity contribution in [2.75, 3.05) is 17.2 Å². The topological polar surface area (TPSA) is 54.8 Å². The predicted molar refractivity (Wildman–Crippen MR) is 78.3 cm³/mol. The number of hydrogen-bond donors (Lipinski definition) is 2. The maximum Gasteiger partial charge on any atom is 0.128 e. The van der Waals surface area contributed by atoms with Gasteiger partial charge in [0.25, 0.3) is 0 Å². The van der Waals surface area contributed by atoms with Crippen LogP contribution in [0.25, 0.3) is 0 Å². The zero-order valence-corrected chi connectivity index (χ0v) is 11.8. The van der Waals surface area contributed by atoms with Crippen LogP contribution >= 0.6 is 0 Å². The maximum absolute atomic E-state index is 4.51. The van der Waals surface area contributed by atoms with Crippen LogP contribution in [0, 0.1) is 6.92 Å². The first kappa shape index (κ1) is 13.4. The molecule has 2 aromatic heterocycles. The number of aryl methyl sites for hydroxylation is 2. The third-order valence-electron chi connectivity index (χ3n) is 2.88. The molecule has 2 rings (SSSR count). The monoisotopic (exact) mass is 259 g/mol. The molecule has 0 aliphatic rings. The standard InChI is InChI=1S/C14H21N5/c1-4-8-15-13-6-5-7-14(17-13)16-9-12-10-19(3)18-11(12)2/h5-7,10H,4,8-9H2,1-3H3,(H2,15,16,17). The Balaban J connectivity index is 1.97. The number of hydrogen-bond acceptors (Lipinski definition) is 4. The van der Waals surface area contributed by atoms with Gasteiger partial charge in [-0.15, -0.1) is 0 Å².